The standard InChI is InChI=1S/C12H24N2O2/c1-10(2)11(3)12(15)13-4-5-14-6-8-16-9-7-14/h10-11H,4-9H2,1-3H3,(H,13,15). The maximum atomic E-state index is 11.7. The van der Waals surface area contributed by atoms with Crippen molar-refractivity contribution < 1.29 is 9.53 Å². The van der Waals surface area contributed by atoms with Gasteiger partial charge in [0.05, 0.1) is 13.2 Å². The minimum atomic E-state index is 0.102. The Kier molecular flexibility index (Phi) is 5.77. The zero-order valence-electron chi connectivity index (χ0n) is 10.7. The lowest BCUT2D eigenvalue weighted by Crippen LogP contribution is -2.42. The minimum Gasteiger partial charge on any atom is -0.379 e. The van der Waals surface area contributed by atoms with Gasteiger partial charge in [0.2, 0.25) is 5.91 Å². The Bertz CT molecular complexity index is 213. The number of morpholine rings is 1. The minimum absolute atomic E-state index is 0.102. The molecule has 1 rings (SSSR count). The fraction of sp³-hybridized carbons (Fsp3) is 0.917. The molecule has 0 aromatic carbocycles. The van der Waals surface area contributed by atoms with Crippen molar-refractivity contribution in [3.8, 4) is 0 Å². The zero-order valence-corrected chi connectivity index (χ0v) is 10.7. The Balaban J connectivity index is 2.12. The van der Waals surface area contributed by atoms with Crippen LogP contribution in [0.1, 0.15) is 20.8 Å². The fourth-order valence-corrected chi connectivity index (χ4v) is 1.63. The molecule has 0 aromatic heterocycles. The summed E-state index contributed by atoms with van der Waals surface area (Å²) in [5, 5.41) is 2.99. The van der Waals surface area contributed by atoms with Gasteiger partial charge < -0.3 is 10.1 Å². The van der Waals surface area contributed by atoms with Gasteiger partial charge in [-0.1, -0.05) is 20.8 Å². The lowest BCUT2D eigenvalue weighted by Gasteiger charge is -2.26. The number of nitrogens with one attached hydrogen (secondary N) is 1. The Morgan fingerprint density at radius 2 is 1.94 bits per heavy atom. The van der Waals surface area contributed by atoms with Crippen LogP contribution in [-0.4, -0.2) is 50.2 Å². The molecule has 1 fully saturated rings. The van der Waals surface area contributed by atoms with Crippen LogP contribution in [0.5, 0.6) is 0 Å². The normalized spacial score (nSPS) is 19.8. The smallest absolute Gasteiger partial charge is 0.223 e. The molecule has 4 nitrogen and oxygen atoms in total. The number of carbonyl (C=O) groups excluding carboxylic acids is 1. The monoisotopic (exact) mass is 228 g/mol. The summed E-state index contributed by atoms with van der Waals surface area (Å²) in [5.74, 6) is 0.677. The van der Waals surface area contributed by atoms with Crippen LogP contribution < -0.4 is 5.32 Å². The highest BCUT2D eigenvalue weighted by Crippen LogP contribution is 2.08. The SMILES string of the molecule is CC(C)C(C)C(=O)NCCN1CCOCC1. The zero-order chi connectivity index (χ0) is 12.0. The fourth-order valence-electron chi connectivity index (χ4n) is 1.63. The molecule has 1 unspecified atom stereocenters. The third-order valence-corrected chi connectivity index (χ3v) is 3.24. The van der Waals surface area contributed by atoms with E-state index >= 15 is 0 Å². The maximum Gasteiger partial charge on any atom is 0.223 e. The van der Waals surface area contributed by atoms with Crippen molar-refractivity contribution in [3.05, 3.63) is 0 Å². The summed E-state index contributed by atoms with van der Waals surface area (Å²) in [4.78, 5) is 14.0. The number of amides is 1. The predicted molar refractivity (Wildman–Crippen MR) is 64.3 cm³/mol. The van der Waals surface area contributed by atoms with Gasteiger partial charge >= 0.3 is 0 Å². The van der Waals surface area contributed by atoms with Crippen molar-refractivity contribution in [2.45, 2.75) is 20.8 Å². The molecule has 16 heavy (non-hydrogen) atoms. The molecule has 1 amide bonds. The number of hydrogen-bond acceptors (Lipinski definition) is 3. The molecular weight excluding hydrogens is 204 g/mol. The molecule has 94 valence electrons. The van der Waals surface area contributed by atoms with Crippen molar-refractivity contribution in [1.82, 2.24) is 10.2 Å². The second-order valence-electron chi connectivity index (χ2n) is 4.78. The van der Waals surface area contributed by atoms with Crippen LogP contribution in [-0.2, 0) is 9.53 Å². The molecule has 1 atom stereocenters. The molecule has 0 aliphatic carbocycles. The summed E-state index contributed by atoms with van der Waals surface area (Å²) in [6, 6.07) is 0. The Labute approximate surface area is 98.3 Å². The van der Waals surface area contributed by atoms with Crippen molar-refractivity contribution in [2.75, 3.05) is 39.4 Å². The van der Waals surface area contributed by atoms with E-state index in [4.69, 9.17) is 4.74 Å². The highest BCUT2D eigenvalue weighted by Gasteiger charge is 2.16. The first kappa shape index (κ1) is 13.5. The molecule has 1 N–H and O–H groups in total. The van der Waals surface area contributed by atoms with E-state index in [9.17, 15) is 4.79 Å². The van der Waals surface area contributed by atoms with Gasteiger partial charge in [-0.2, -0.15) is 0 Å². The van der Waals surface area contributed by atoms with Crippen LogP contribution in [0.3, 0.4) is 0 Å². The second-order valence-corrected chi connectivity index (χ2v) is 4.78. The first-order chi connectivity index (χ1) is 7.61. The van der Waals surface area contributed by atoms with Crippen molar-refractivity contribution in [3.63, 3.8) is 0 Å². The van der Waals surface area contributed by atoms with Gasteiger partial charge in [0.25, 0.3) is 0 Å². The van der Waals surface area contributed by atoms with Gasteiger partial charge in [-0.05, 0) is 5.92 Å². The van der Waals surface area contributed by atoms with Crippen LogP contribution in [0.25, 0.3) is 0 Å². The summed E-state index contributed by atoms with van der Waals surface area (Å²) in [7, 11) is 0. The molecule has 1 aliphatic rings. The molecule has 1 aliphatic heterocycles. The highest BCUT2D eigenvalue weighted by molar-refractivity contribution is 5.78. The number of nitrogens with zero attached hydrogens (tertiary/aromatic N) is 1. The van der Waals surface area contributed by atoms with E-state index in [1.807, 2.05) is 6.92 Å². The van der Waals surface area contributed by atoms with Crippen molar-refractivity contribution in [2.24, 2.45) is 11.8 Å². The van der Waals surface area contributed by atoms with Crippen LogP contribution in [0.15, 0.2) is 0 Å². The van der Waals surface area contributed by atoms with Crippen LogP contribution in [0.4, 0.5) is 0 Å². The van der Waals surface area contributed by atoms with Crippen LogP contribution >= 0.6 is 0 Å². The topological polar surface area (TPSA) is 41.6 Å². The lowest BCUT2D eigenvalue weighted by atomic mass is 9.97. The van der Waals surface area contributed by atoms with Crippen LogP contribution in [0.2, 0.25) is 0 Å². The van der Waals surface area contributed by atoms with Gasteiger partial charge in [0.1, 0.15) is 0 Å². The number of carbonyl (C=O) groups is 1. The molecule has 0 radical (unpaired) electrons. The van der Waals surface area contributed by atoms with E-state index in [1.54, 1.807) is 0 Å². The average molecular weight is 228 g/mol. The van der Waals surface area contributed by atoms with E-state index in [2.05, 4.69) is 24.1 Å². The van der Waals surface area contributed by atoms with Crippen molar-refractivity contribution in [1.29, 1.82) is 0 Å². The summed E-state index contributed by atoms with van der Waals surface area (Å²) < 4.78 is 5.27. The lowest BCUT2D eigenvalue weighted by molar-refractivity contribution is -0.125. The largest absolute Gasteiger partial charge is 0.379 e. The van der Waals surface area contributed by atoms with Gasteiger partial charge in [-0.3, -0.25) is 9.69 Å². The quantitative estimate of drug-likeness (QED) is 0.754. The second kappa shape index (κ2) is 6.86. The highest BCUT2D eigenvalue weighted by atomic mass is 16.5. The molecule has 1 saturated heterocycles. The maximum absolute atomic E-state index is 11.7. The van der Waals surface area contributed by atoms with E-state index < -0.39 is 0 Å². The van der Waals surface area contributed by atoms with Gasteiger partial charge in [0.15, 0.2) is 0 Å². The summed E-state index contributed by atoms with van der Waals surface area (Å²) in [6.45, 7) is 11.4. The first-order valence-corrected chi connectivity index (χ1v) is 6.19. The number of ether oxygens (including phenoxy) is 1. The number of rotatable bonds is 5. The molecular formula is C12H24N2O2. The van der Waals surface area contributed by atoms with Gasteiger partial charge in [-0.15, -0.1) is 0 Å². The number of hydrogen-bond donors (Lipinski definition) is 1. The Morgan fingerprint density at radius 1 is 1.31 bits per heavy atom. The molecule has 0 bridgehead atoms. The third kappa shape index (κ3) is 4.49. The molecule has 1 heterocycles. The Morgan fingerprint density at radius 3 is 2.50 bits per heavy atom. The predicted octanol–water partition coefficient (Wildman–Crippen LogP) is 0.727. The van der Waals surface area contributed by atoms with E-state index in [0.29, 0.717) is 5.92 Å². The molecule has 4 heteroatoms. The Hall–Kier alpha value is -0.610. The van der Waals surface area contributed by atoms with Crippen LogP contribution in [0, 0.1) is 11.8 Å². The van der Waals surface area contributed by atoms with E-state index in [1.165, 1.54) is 0 Å². The first-order valence-electron chi connectivity index (χ1n) is 6.19. The van der Waals surface area contributed by atoms with E-state index in [-0.39, 0.29) is 11.8 Å². The molecule has 0 spiro atoms. The summed E-state index contributed by atoms with van der Waals surface area (Å²) >= 11 is 0. The average Bonchev–Trinajstić information content (AvgIpc) is 2.29. The summed E-state index contributed by atoms with van der Waals surface area (Å²) in [5.41, 5.74) is 0. The van der Waals surface area contributed by atoms with Crippen molar-refractivity contribution >= 4 is 5.91 Å². The molecule has 0 aromatic rings. The van der Waals surface area contributed by atoms with E-state index in [0.717, 1.165) is 39.4 Å². The van der Waals surface area contributed by atoms with Gasteiger partial charge in [-0.25, -0.2) is 0 Å². The molecule has 0 saturated carbocycles. The van der Waals surface area contributed by atoms with Gasteiger partial charge in [0, 0.05) is 32.1 Å². The summed E-state index contributed by atoms with van der Waals surface area (Å²) in [6.07, 6.45) is 0. The third-order valence-electron chi connectivity index (χ3n) is 3.24.